The van der Waals surface area contributed by atoms with Gasteiger partial charge in [-0.15, -0.1) is 0 Å². The average molecular weight is 229 g/mol. The number of benzene rings is 1. The molecule has 0 aliphatic heterocycles. The van der Waals surface area contributed by atoms with Gasteiger partial charge < -0.3 is 4.57 Å². The summed E-state index contributed by atoms with van der Waals surface area (Å²) in [5.41, 5.74) is 1.20. The van der Waals surface area contributed by atoms with Crippen LogP contribution in [0.3, 0.4) is 0 Å². The molecule has 1 atom stereocenters. The van der Waals surface area contributed by atoms with Crippen molar-refractivity contribution in [3.8, 4) is 6.07 Å². The normalized spacial score (nSPS) is 17.0. The van der Waals surface area contributed by atoms with Crippen molar-refractivity contribution in [2.24, 2.45) is 0 Å². The molecule has 4 heteroatoms. The third kappa shape index (κ3) is 1.50. The number of halogens is 1. The molecule has 2 aromatic rings. The maximum atomic E-state index is 13.7. The molecule has 86 valence electrons. The summed E-state index contributed by atoms with van der Waals surface area (Å²) in [5.74, 6) is 0.0748. The first-order valence-corrected chi connectivity index (χ1v) is 5.78. The van der Waals surface area contributed by atoms with Gasteiger partial charge in [-0.3, -0.25) is 0 Å². The van der Waals surface area contributed by atoms with E-state index < -0.39 is 0 Å². The quantitative estimate of drug-likeness (QED) is 0.793. The lowest BCUT2D eigenvalue weighted by Crippen LogP contribution is -2.04. The van der Waals surface area contributed by atoms with Crippen LogP contribution >= 0.6 is 0 Å². The molecule has 3 nitrogen and oxygen atoms in total. The number of nitriles is 1. The van der Waals surface area contributed by atoms with Crippen LogP contribution in [0, 0.1) is 17.1 Å². The molecular weight excluding hydrogens is 217 g/mol. The molecule has 1 aromatic heterocycles. The Bertz CT molecular complexity index is 619. The molecule has 1 aliphatic rings. The number of hydrogen-bond donors (Lipinski definition) is 0. The Morgan fingerprint density at radius 1 is 1.53 bits per heavy atom. The molecule has 17 heavy (non-hydrogen) atoms. The first-order valence-electron chi connectivity index (χ1n) is 5.78. The Morgan fingerprint density at radius 3 is 2.94 bits per heavy atom. The highest BCUT2D eigenvalue weighted by molar-refractivity contribution is 5.77. The lowest BCUT2D eigenvalue weighted by atomic mass is 10.2. The number of fused-ring (bicyclic) bond motifs is 1. The first kappa shape index (κ1) is 10.3. The van der Waals surface area contributed by atoms with Crippen molar-refractivity contribution in [3.63, 3.8) is 0 Å². The van der Waals surface area contributed by atoms with Gasteiger partial charge in [-0.25, -0.2) is 9.37 Å². The summed E-state index contributed by atoms with van der Waals surface area (Å²) < 4.78 is 15.7. The van der Waals surface area contributed by atoms with Crippen LogP contribution < -0.4 is 0 Å². The maximum Gasteiger partial charge on any atom is 0.151 e. The number of imidazole rings is 1. The molecule has 1 aliphatic carbocycles. The van der Waals surface area contributed by atoms with Crippen LogP contribution in [-0.2, 0) is 0 Å². The van der Waals surface area contributed by atoms with E-state index in [-0.39, 0.29) is 11.7 Å². The molecule has 0 spiro atoms. The summed E-state index contributed by atoms with van der Waals surface area (Å²) in [6, 6.07) is 7.55. The molecule has 1 fully saturated rings. The lowest BCUT2D eigenvalue weighted by molar-refractivity contribution is 0.637. The molecule has 1 aromatic carbocycles. The minimum Gasteiger partial charge on any atom is -0.324 e. The molecule has 0 bridgehead atoms. The van der Waals surface area contributed by atoms with Crippen LogP contribution in [0.1, 0.15) is 37.5 Å². The summed E-state index contributed by atoms with van der Waals surface area (Å²) in [4.78, 5) is 4.31. The number of hydrogen-bond acceptors (Lipinski definition) is 2. The fourth-order valence-electron chi connectivity index (χ4n) is 2.18. The van der Waals surface area contributed by atoms with Gasteiger partial charge in [0.1, 0.15) is 17.3 Å². The molecule has 0 amide bonds. The van der Waals surface area contributed by atoms with Crippen molar-refractivity contribution in [1.82, 2.24) is 9.55 Å². The lowest BCUT2D eigenvalue weighted by Gasteiger charge is -2.08. The Hall–Kier alpha value is -1.89. The van der Waals surface area contributed by atoms with Crippen molar-refractivity contribution >= 4 is 11.0 Å². The van der Waals surface area contributed by atoms with Crippen LogP contribution in [0.25, 0.3) is 11.0 Å². The third-order valence-electron chi connectivity index (χ3n) is 3.19. The summed E-state index contributed by atoms with van der Waals surface area (Å²) in [6.07, 6.45) is 2.18. The Morgan fingerprint density at radius 2 is 2.29 bits per heavy atom. The number of para-hydroxylation sites is 1. The van der Waals surface area contributed by atoms with E-state index in [1.54, 1.807) is 13.0 Å². The largest absolute Gasteiger partial charge is 0.324 e. The average Bonchev–Trinajstić information content (AvgIpc) is 3.09. The van der Waals surface area contributed by atoms with E-state index in [1.165, 1.54) is 6.07 Å². The summed E-state index contributed by atoms with van der Waals surface area (Å²) in [6.45, 7) is 1.80. The molecule has 3 rings (SSSR count). The van der Waals surface area contributed by atoms with Gasteiger partial charge >= 0.3 is 0 Å². The zero-order valence-electron chi connectivity index (χ0n) is 9.52. The first-order chi connectivity index (χ1) is 8.22. The van der Waals surface area contributed by atoms with Gasteiger partial charge in [0.15, 0.2) is 5.82 Å². The van der Waals surface area contributed by atoms with Gasteiger partial charge in [0, 0.05) is 6.04 Å². The molecule has 1 saturated carbocycles. The van der Waals surface area contributed by atoms with Gasteiger partial charge in [0.2, 0.25) is 0 Å². The predicted molar refractivity (Wildman–Crippen MR) is 62.0 cm³/mol. The summed E-state index contributed by atoms with van der Waals surface area (Å²) in [7, 11) is 0. The Balaban J connectivity index is 2.31. The number of nitrogens with zero attached hydrogens (tertiary/aromatic N) is 3. The third-order valence-corrected chi connectivity index (χ3v) is 3.19. The van der Waals surface area contributed by atoms with Crippen molar-refractivity contribution in [2.45, 2.75) is 31.7 Å². The van der Waals surface area contributed by atoms with Crippen molar-refractivity contribution < 1.29 is 4.39 Å². The minimum atomic E-state index is -0.312. The van der Waals surface area contributed by atoms with Crippen LogP contribution in [0.15, 0.2) is 18.2 Å². The summed E-state index contributed by atoms with van der Waals surface area (Å²) in [5, 5.41) is 9.01. The molecule has 1 heterocycles. The topological polar surface area (TPSA) is 41.6 Å². The van der Waals surface area contributed by atoms with Gasteiger partial charge in [0.25, 0.3) is 0 Å². The molecular formula is C13H12FN3. The zero-order valence-corrected chi connectivity index (χ0v) is 9.52. The monoisotopic (exact) mass is 229 g/mol. The maximum absolute atomic E-state index is 13.7. The second kappa shape index (κ2) is 3.56. The Kier molecular flexibility index (Phi) is 2.15. The van der Waals surface area contributed by atoms with Crippen molar-refractivity contribution in [3.05, 3.63) is 29.8 Å². The van der Waals surface area contributed by atoms with E-state index in [1.807, 2.05) is 10.6 Å². The molecule has 1 unspecified atom stereocenters. The van der Waals surface area contributed by atoms with E-state index in [2.05, 4.69) is 11.1 Å². The van der Waals surface area contributed by atoms with Crippen LogP contribution in [0.2, 0.25) is 0 Å². The molecule has 0 N–H and O–H groups in total. The standard InChI is InChI=1S/C13H12FN3/c1-8(7-15)13-16-12-10(14)3-2-4-11(12)17(13)9-5-6-9/h2-4,8-9H,5-6H2,1H3. The highest BCUT2D eigenvalue weighted by Gasteiger charge is 2.30. The SMILES string of the molecule is CC(C#N)c1nc2c(F)cccc2n1C1CC1. The number of aromatic nitrogens is 2. The van der Waals surface area contributed by atoms with Crippen molar-refractivity contribution in [1.29, 1.82) is 5.26 Å². The van der Waals surface area contributed by atoms with Crippen LogP contribution in [0.5, 0.6) is 0 Å². The number of rotatable bonds is 2. The van der Waals surface area contributed by atoms with E-state index >= 15 is 0 Å². The molecule has 0 radical (unpaired) electrons. The van der Waals surface area contributed by atoms with E-state index in [0.717, 1.165) is 18.4 Å². The smallest absolute Gasteiger partial charge is 0.151 e. The highest BCUT2D eigenvalue weighted by atomic mass is 19.1. The van der Waals surface area contributed by atoms with E-state index in [0.29, 0.717) is 17.4 Å². The fourth-order valence-corrected chi connectivity index (χ4v) is 2.18. The van der Waals surface area contributed by atoms with Gasteiger partial charge in [-0.05, 0) is 31.9 Å². The predicted octanol–water partition coefficient (Wildman–Crippen LogP) is 3.14. The minimum absolute atomic E-state index is 0.303. The second-order valence-electron chi connectivity index (χ2n) is 4.53. The second-order valence-corrected chi connectivity index (χ2v) is 4.53. The van der Waals surface area contributed by atoms with Crippen LogP contribution in [0.4, 0.5) is 4.39 Å². The highest BCUT2D eigenvalue weighted by Crippen LogP contribution is 2.40. The van der Waals surface area contributed by atoms with Crippen LogP contribution in [-0.4, -0.2) is 9.55 Å². The van der Waals surface area contributed by atoms with E-state index in [4.69, 9.17) is 5.26 Å². The fraction of sp³-hybridized carbons (Fsp3) is 0.385. The Labute approximate surface area is 98.5 Å². The van der Waals surface area contributed by atoms with Gasteiger partial charge in [-0.1, -0.05) is 6.07 Å². The summed E-state index contributed by atoms with van der Waals surface area (Å²) >= 11 is 0. The molecule has 0 saturated heterocycles. The van der Waals surface area contributed by atoms with Crippen molar-refractivity contribution in [2.75, 3.05) is 0 Å². The van der Waals surface area contributed by atoms with E-state index in [9.17, 15) is 4.39 Å². The van der Waals surface area contributed by atoms with Gasteiger partial charge in [0.05, 0.1) is 11.6 Å². The zero-order chi connectivity index (χ0) is 12.0. The van der Waals surface area contributed by atoms with Gasteiger partial charge in [-0.2, -0.15) is 5.26 Å².